The summed E-state index contributed by atoms with van der Waals surface area (Å²) in [5, 5.41) is 6.57. The van der Waals surface area contributed by atoms with Crippen molar-refractivity contribution in [3.05, 3.63) is 69.4 Å². The minimum absolute atomic E-state index is 0.184. The SMILES string of the molecule is O=C(NCCc1csc(-c2cccnc2)n1)c1ccc(Cl)c(Cl)c1. The third-order valence-corrected chi connectivity index (χ3v) is 4.99. The number of halogens is 2. The average molecular weight is 378 g/mol. The molecule has 1 amide bonds. The van der Waals surface area contributed by atoms with Crippen molar-refractivity contribution < 1.29 is 4.79 Å². The Morgan fingerprint density at radius 1 is 1.21 bits per heavy atom. The Labute approximate surface area is 153 Å². The molecule has 1 aromatic carbocycles. The van der Waals surface area contributed by atoms with Crippen molar-refractivity contribution in [1.29, 1.82) is 0 Å². The number of pyridine rings is 1. The number of rotatable bonds is 5. The number of hydrogen-bond donors (Lipinski definition) is 1. The third-order valence-electron chi connectivity index (χ3n) is 3.31. The van der Waals surface area contributed by atoms with Crippen molar-refractivity contribution in [2.24, 2.45) is 0 Å². The first-order valence-corrected chi connectivity index (χ1v) is 8.85. The molecule has 3 aromatic rings. The fourth-order valence-electron chi connectivity index (χ4n) is 2.09. The Hall–Kier alpha value is -1.95. The fraction of sp³-hybridized carbons (Fsp3) is 0.118. The summed E-state index contributed by atoms with van der Waals surface area (Å²) < 4.78 is 0. The molecule has 0 aliphatic carbocycles. The first kappa shape index (κ1) is 16.9. The molecule has 0 radical (unpaired) electrons. The van der Waals surface area contributed by atoms with Crippen LogP contribution in [0.3, 0.4) is 0 Å². The lowest BCUT2D eigenvalue weighted by Crippen LogP contribution is -2.25. The molecule has 0 bridgehead atoms. The van der Waals surface area contributed by atoms with E-state index in [1.54, 1.807) is 41.9 Å². The van der Waals surface area contributed by atoms with Crippen LogP contribution in [-0.2, 0) is 6.42 Å². The maximum atomic E-state index is 12.1. The lowest BCUT2D eigenvalue weighted by atomic mass is 10.2. The van der Waals surface area contributed by atoms with Gasteiger partial charge in [-0.15, -0.1) is 11.3 Å². The van der Waals surface area contributed by atoms with E-state index in [0.717, 1.165) is 16.3 Å². The summed E-state index contributed by atoms with van der Waals surface area (Å²) in [4.78, 5) is 20.7. The van der Waals surface area contributed by atoms with Crippen LogP contribution in [0, 0.1) is 0 Å². The topological polar surface area (TPSA) is 54.9 Å². The van der Waals surface area contributed by atoms with Gasteiger partial charge < -0.3 is 5.32 Å². The van der Waals surface area contributed by atoms with Crippen LogP contribution in [0.15, 0.2) is 48.1 Å². The van der Waals surface area contributed by atoms with Gasteiger partial charge in [0.05, 0.1) is 15.7 Å². The lowest BCUT2D eigenvalue weighted by Gasteiger charge is -2.05. The average Bonchev–Trinajstić information content (AvgIpc) is 3.07. The van der Waals surface area contributed by atoms with Gasteiger partial charge in [0.15, 0.2) is 0 Å². The summed E-state index contributed by atoms with van der Waals surface area (Å²) in [5.74, 6) is -0.184. The maximum absolute atomic E-state index is 12.1. The Bertz CT molecular complexity index is 852. The molecule has 3 rings (SSSR count). The van der Waals surface area contributed by atoms with Gasteiger partial charge in [-0.1, -0.05) is 23.2 Å². The molecule has 122 valence electrons. The molecule has 4 nitrogen and oxygen atoms in total. The molecule has 0 spiro atoms. The molecule has 0 saturated carbocycles. The van der Waals surface area contributed by atoms with Crippen LogP contribution >= 0.6 is 34.5 Å². The third kappa shape index (κ3) is 4.12. The van der Waals surface area contributed by atoms with E-state index >= 15 is 0 Å². The molecule has 0 saturated heterocycles. The number of nitrogens with one attached hydrogen (secondary N) is 1. The van der Waals surface area contributed by atoms with E-state index in [0.29, 0.717) is 28.6 Å². The Morgan fingerprint density at radius 3 is 2.83 bits per heavy atom. The quantitative estimate of drug-likeness (QED) is 0.712. The summed E-state index contributed by atoms with van der Waals surface area (Å²) >= 11 is 13.3. The van der Waals surface area contributed by atoms with Gasteiger partial charge >= 0.3 is 0 Å². The van der Waals surface area contributed by atoms with Crippen LogP contribution < -0.4 is 5.32 Å². The van der Waals surface area contributed by atoms with E-state index in [1.807, 2.05) is 17.5 Å². The molecule has 0 fully saturated rings. The summed E-state index contributed by atoms with van der Waals surface area (Å²) in [5.41, 5.74) is 2.42. The van der Waals surface area contributed by atoms with Gasteiger partial charge in [0, 0.05) is 41.9 Å². The minimum Gasteiger partial charge on any atom is -0.352 e. The van der Waals surface area contributed by atoms with Gasteiger partial charge in [0.2, 0.25) is 0 Å². The van der Waals surface area contributed by atoms with Gasteiger partial charge in [0.25, 0.3) is 5.91 Å². The Morgan fingerprint density at radius 2 is 2.08 bits per heavy atom. The zero-order chi connectivity index (χ0) is 16.9. The van der Waals surface area contributed by atoms with Gasteiger partial charge in [-0.05, 0) is 30.3 Å². The summed E-state index contributed by atoms with van der Waals surface area (Å²) in [6.07, 6.45) is 4.18. The van der Waals surface area contributed by atoms with Gasteiger partial charge in [-0.2, -0.15) is 0 Å². The number of aromatic nitrogens is 2. The minimum atomic E-state index is -0.184. The molecule has 1 N–H and O–H groups in total. The normalized spacial score (nSPS) is 10.6. The fourth-order valence-corrected chi connectivity index (χ4v) is 3.23. The van der Waals surface area contributed by atoms with Gasteiger partial charge in [-0.3, -0.25) is 9.78 Å². The van der Waals surface area contributed by atoms with Crippen molar-refractivity contribution in [1.82, 2.24) is 15.3 Å². The van der Waals surface area contributed by atoms with Crippen molar-refractivity contribution in [2.45, 2.75) is 6.42 Å². The number of carbonyl (C=O) groups is 1. The number of nitrogens with zero attached hydrogens (tertiary/aromatic N) is 2. The molecule has 0 unspecified atom stereocenters. The maximum Gasteiger partial charge on any atom is 0.251 e. The second kappa shape index (κ2) is 7.75. The molecule has 0 aliphatic heterocycles. The van der Waals surface area contributed by atoms with Crippen molar-refractivity contribution in [3.63, 3.8) is 0 Å². The van der Waals surface area contributed by atoms with Crippen molar-refractivity contribution >= 4 is 40.4 Å². The Kier molecular flexibility index (Phi) is 5.45. The van der Waals surface area contributed by atoms with Crippen LogP contribution in [0.5, 0.6) is 0 Å². The van der Waals surface area contributed by atoms with Crippen molar-refractivity contribution in [2.75, 3.05) is 6.54 Å². The van der Waals surface area contributed by atoms with Gasteiger partial charge in [-0.25, -0.2) is 4.98 Å². The molecule has 24 heavy (non-hydrogen) atoms. The summed E-state index contributed by atoms with van der Waals surface area (Å²) in [6.45, 7) is 0.495. The largest absolute Gasteiger partial charge is 0.352 e. The Balaban J connectivity index is 1.56. The molecule has 0 atom stereocenters. The van der Waals surface area contributed by atoms with Crippen molar-refractivity contribution in [3.8, 4) is 10.6 Å². The van der Waals surface area contributed by atoms with Crippen LogP contribution in [0.4, 0.5) is 0 Å². The zero-order valence-corrected chi connectivity index (χ0v) is 14.8. The number of amides is 1. The number of carbonyl (C=O) groups excluding carboxylic acids is 1. The monoisotopic (exact) mass is 377 g/mol. The van der Waals surface area contributed by atoms with Crippen LogP contribution in [0.25, 0.3) is 10.6 Å². The molecule has 7 heteroatoms. The van der Waals surface area contributed by atoms with Gasteiger partial charge in [0.1, 0.15) is 5.01 Å². The number of thiazole rings is 1. The predicted octanol–water partition coefficient (Wildman–Crippen LogP) is 4.48. The summed E-state index contributed by atoms with van der Waals surface area (Å²) in [7, 11) is 0. The van der Waals surface area contributed by atoms with E-state index in [2.05, 4.69) is 15.3 Å². The molecule has 2 heterocycles. The first-order valence-electron chi connectivity index (χ1n) is 7.21. The molecule has 0 aliphatic rings. The molecular formula is C17H13Cl2N3OS. The van der Waals surface area contributed by atoms with E-state index in [4.69, 9.17) is 23.2 Å². The van der Waals surface area contributed by atoms with E-state index < -0.39 is 0 Å². The van der Waals surface area contributed by atoms with E-state index in [1.165, 1.54) is 0 Å². The van der Waals surface area contributed by atoms with Crippen LogP contribution in [0.2, 0.25) is 10.0 Å². The predicted molar refractivity (Wildman–Crippen MR) is 97.8 cm³/mol. The van der Waals surface area contributed by atoms with Crippen LogP contribution in [-0.4, -0.2) is 22.4 Å². The highest BCUT2D eigenvalue weighted by atomic mass is 35.5. The second-order valence-corrected chi connectivity index (χ2v) is 6.69. The number of hydrogen-bond acceptors (Lipinski definition) is 4. The number of benzene rings is 1. The first-order chi connectivity index (χ1) is 11.6. The smallest absolute Gasteiger partial charge is 0.251 e. The zero-order valence-electron chi connectivity index (χ0n) is 12.5. The van der Waals surface area contributed by atoms with Crippen LogP contribution in [0.1, 0.15) is 16.1 Å². The highest BCUT2D eigenvalue weighted by molar-refractivity contribution is 7.13. The molecular weight excluding hydrogens is 365 g/mol. The lowest BCUT2D eigenvalue weighted by molar-refractivity contribution is 0.0954. The highest BCUT2D eigenvalue weighted by Gasteiger charge is 2.09. The molecule has 2 aromatic heterocycles. The van der Waals surface area contributed by atoms with E-state index in [9.17, 15) is 4.79 Å². The standard InChI is InChI=1S/C17H13Cl2N3OS/c18-14-4-3-11(8-15(14)19)16(23)21-7-5-13-10-24-17(22-13)12-2-1-6-20-9-12/h1-4,6,8-10H,5,7H2,(H,21,23). The summed E-state index contributed by atoms with van der Waals surface area (Å²) in [6, 6.07) is 8.67. The highest BCUT2D eigenvalue weighted by Crippen LogP contribution is 2.23. The second-order valence-electron chi connectivity index (χ2n) is 5.02. The van der Waals surface area contributed by atoms with E-state index in [-0.39, 0.29) is 5.91 Å².